The monoisotopic (exact) mass is 722 g/mol. The lowest BCUT2D eigenvalue weighted by Crippen LogP contribution is -2.38. The highest BCUT2D eigenvalue weighted by Crippen LogP contribution is 2.57. The number of aliphatic hydroxyl groups is 2. The van der Waals surface area contributed by atoms with E-state index in [1.165, 1.54) is 48.3 Å². The Hall–Kier alpha value is -2.46. The van der Waals surface area contributed by atoms with E-state index in [-0.39, 0.29) is 34.0 Å². The van der Waals surface area contributed by atoms with Crippen LogP contribution in [0.25, 0.3) is 22.3 Å². The molecule has 24 heteroatoms. The Morgan fingerprint density at radius 3 is 1.57 bits per heavy atom. The molecule has 1 fully saturated rings. The van der Waals surface area contributed by atoms with Crippen molar-refractivity contribution in [2.75, 3.05) is 37.9 Å². The Labute approximate surface area is 271 Å². The molecule has 8 atom stereocenters. The molecule has 0 amide bonds. The zero-order valence-corrected chi connectivity index (χ0v) is 27.9. The summed E-state index contributed by atoms with van der Waals surface area (Å²) in [5.41, 5.74) is 12.8. The van der Waals surface area contributed by atoms with Gasteiger partial charge in [0.2, 0.25) is 0 Å². The molecule has 5 heterocycles. The van der Waals surface area contributed by atoms with Crippen molar-refractivity contribution in [3.05, 3.63) is 25.3 Å². The molecule has 0 radical (unpaired) electrons. The van der Waals surface area contributed by atoms with E-state index in [9.17, 15) is 19.3 Å². The third-order valence-electron chi connectivity index (χ3n) is 6.82. The number of aromatic nitrogens is 8. The van der Waals surface area contributed by atoms with Crippen LogP contribution in [0.15, 0.2) is 25.3 Å². The van der Waals surface area contributed by atoms with Crippen LogP contribution in [0, 0.1) is 0 Å². The van der Waals surface area contributed by atoms with Crippen LogP contribution in [0.1, 0.15) is 26.3 Å². The highest BCUT2D eigenvalue weighted by atomic mass is 32.7. The average Bonchev–Trinajstić information content (AvgIpc) is 3.63. The van der Waals surface area contributed by atoms with E-state index < -0.39 is 76.9 Å². The number of nitrogens with two attached hydrogens (primary N) is 2. The number of nitrogen functional groups attached to an aromatic ring is 2. The molecule has 0 bridgehead atoms. The summed E-state index contributed by atoms with van der Waals surface area (Å²) in [6.07, 6.45) is -1.60. The molecule has 1 aliphatic heterocycles. The molecule has 20 nitrogen and oxygen atoms in total. The fourth-order valence-electron chi connectivity index (χ4n) is 4.48. The van der Waals surface area contributed by atoms with E-state index in [0.29, 0.717) is 0 Å². The van der Waals surface area contributed by atoms with Crippen LogP contribution < -0.4 is 11.5 Å². The number of hydrogen-bond donors (Lipinski definition) is 6. The number of rotatable bonds is 8. The topological polar surface area (TPSA) is 269 Å². The number of imidazole rings is 2. The van der Waals surface area contributed by atoms with Gasteiger partial charge in [0.05, 0.1) is 51.3 Å². The molecule has 1 aliphatic rings. The summed E-state index contributed by atoms with van der Waals surface area (Å²) >= 11 is 8.22. The van der Waals surface area contributed by atoms with Crippen molar-refractivity contribution in [2.45, 2.75) is 50.7 Å². The van der Waals surface area contributed by atoms with Gasteiger partial charge in [-0.3, -0.25) is 27.2 Å². The molecule has 1 saturated heterocycles. The zero-order valence-electron chi connectivity index (χ0n) is 24.3. The maximum absolute atomic E-state index is 13.4. The number of aliphatic hydroxyl groups excluding tert-OH is 2. The summed E-state index contributed by atoms with van der Waals surface area (Å²) in [4.78, 5) is 24.4. The van der Waals surface area contributed by atoms with E-state index in [2.05, 4.69) is 54.4 Å². The van der Waals surface area contributed by atoms with Crippen molar-refractivity contribution < 1.29 is 46.9 Å². The first kappa shape index (κ1) is 34.9. The van der Waals surface area contributed by atoms with Gasteiger partial charge in [-0.25, -0.2) is 39.0 Å². The first-order chi connectivity index (χ1) is 21.8. The molecular formula is C22H32N10O10P2S2. The number of anilines is 2. The minimum atomic E-state index is -4.15. The third-order valence-corrected chi connectivity index (χ3v) is 10.2. The van der Waals surface area contributed by atoms with Crippen molar-refractivity contribution in [3.8, 4) is 0 Å². The summed E-state index contributed by atoms with van der Waals surface area (Å²) in [6, 6.07) is 0. The van der Waals surface area contributed by atoms with E-state index in [1.807, 2.05) is 0 Å². The van der Waals surface area contributed by atoms with Gasteiger partial charge in [0.1, 0.15) is 35.9 Å². The number of nitrogens with zero attached hydrogens (tertiary/aromatic N) is 8. The van der Waals surface area contributed by atoms with Gasteiger partial charge in [-0.1, -0.05) is 24.5 Å². The fourth-order valence-corrected chi connectivity index (χ4v) is 7.68. The predicted octanol–water partition coefficient (Wildman–Crippen LogP) is 1.52. The van der Waals surface area contributed by atoms with Crippen LogP contribution in [0.3, 0.4) is 0 Å². The third kappa shape index (κ3) is 7.80. The van der Waals surface area contributed by atoms with Gasteiger partial charge in [-0.15, -0.1) is 0 Å². The summed E-state index contributed by atoms with van der Waals surface area (Å²) in [6.45, 7) is -7.43. The quantitative estimate of drug-likeness (QED) is 0.111. The van der Waals surface area contributed by atoms with Crippen LogP contribution in [0.2, 0.25) is 0 Å². The Balaban J connectivity index is 1.36. The van der Waals surface area contributed by atoms with Gasteiger partial charge in [0.15, 0.2) is 35.4 Å². The van der Waals surface area contributed by atoms with Gasteiger partial charge < -0.3 is 31.2 Å². The average molecular weight is 723 g/mol. The van der Waals surface area contributed by atoms with Crippen molar-refractivity contribution in [3.63, 3.8) is 0 Å². The van der Waals surface area contributed by atoms with Gasteiger partial charge in [-0.2, -0.15) is 0 Å². The zero-order chi connectivity index (χ0) is 33.2. The normalized spacial score (nSPS) is 29.7. The molecule has 2 unspecified atom stereocenters. The molecule has 6 N–H and O–H groups in total. The molecule has 4 aromatic rings. The second-order valence-electron chi connectivity index (χ2n) is 9.94. The number of hydrogen-bond acceptors (Lipinski definition) is 18. The Morgan fingerprint density at radius 1 is 0.804 bits per heavy atom. The molecule has 252 valence electrons. The minimum absolute atomic E-state index is 0.117. The standard InChI is InChI=1S/C22H32N10O10P2S2/c1-11-13(39-15(3-33)31-9-29-17-19(23)25-7-27-21(17)31)5-37-44(36,46)42-12(2)14(6-38-43(35,45)41-11)40-16(4-34)32-10-30-18-20(24)26-8-28-22(18)32/h7-16,33-34H,3-6H2,1-2H3,(H,35,45)(H,36,46)(H2,23,25,27)(H2,24,26,28)/t11-,12-,13-,14-,15?,16?,43-,44+/m1/s1. The first-order valence-corrected chi connectivity index (χ1v) is 18.9. The van der Waals surface area contributed by atoms with Crippen molar-refractivity contribution in [2.24, 2.45) is 0 Å². The SMILES string of the molecule is C[C@H]1O[P@@](=O)(S)OC[C@@H](OC(CO)n2cnc3c(N)ncnc32)[C@@H](C)O[P@](=O)(S)OC[C@H]1OC(CO)n1cnc2c(N)ncnc21. The molecule has 5 rings (SSSR count). The lowest BCUT2D eigenvalue weighted by molar-refractivity contribution is -0.138. The molecule has 0 aliphatic carbocycles. The Bertz CT molecular complexity index is 1640. The predicted molar refractivity (Wildman–Crippen MR) is 168 cm³/mol. The molecule has 0 spiro atoms. The van der Waals surface area contributed by atoms with E-state index in [0.717, 1.165) is 0 Å². The maximum Gasteiger partial charge on any atom is 0.386 e. The molecule has 0 aromatic carbocycles. The minimum Gasteiger partial charge on any atom is -0.392 e. The highest BCUT2D eigenvalue weighted by molar-refractivity contribution is 8.44. The van der Waals surface area contributed by atoms with Crippen LogP contribution >= 0.6 is 38.1 Å². The van der Waals surface area contributed by atoms with Crippen molar-refractivity contribution in [1.82, 2.24) is 39.0 Å². The lowest BCUT2D eigenvalue weighted by Gasteiger charge is -2.34. The second kappa shape index (κ2) is 14.3. The van der Waals surface area contributed by atoms with Gasteiger partial charge >= 0.3 is 13.6 Å². The number of thiol groups is 2. The molecular weight excluding hydrogens is 690 g/mol. The molecule has 46 heavy (non-hydrogen) atoms. The van der Waals surface area contributed by atoms with Crippen molar-refractivity contribution >= 4 is 72.1 Å². The van der Waals surface area contributed by atoms with Gasteiger partial charge in [-0.05, 0) is 13.8 Å². The number of fused-ring (bicyclic) bond motifs is 2. The summed E-state index contributed by atoms with van der Waals surface area (Å²) in [5.74, 6) is 0.234. The summed E-state index contributed by atoms with van der Waals surface area (Å²) < 4.78 is 64.0. The van der Waals surface area contributed by atoms with Crippen LogP contribution in [0.5, 0.6) is 0 Å². The van der Waals surface area contributed by atoms with Gasteiger partial charge in [0, 0.05) is 0 Å². The van der Waals surface area contributed by atoms with Gasteiger partial charge in [0.25, 0.3) is 0 Å². The number of ether oxygens (including phenoxy) is 2. The second-order valence-corrected chi connectivity index (χ2v) is 15.7. The van der Waals surface area contributed by atoms with Crippen LogP contribution in [-0.4, -0.2) is 100 Å². The van der Waals surface area contributed by atoms with Crippen LogP contribution in [0.4, 0.5) is 11.6 Å². The van der Waals surface area contributed by atoms with E-state index >= 15 is 0 Å². The Kier molecular flexibility index (Phi) is 10.9. The van der Waals surface area contributed by atoms with Crippen molar-refractivity contribution in [1.29, 1.82) is 0 Å². The molecule has 4 aromatic heterocycles. The van der Waals surface area contributed by atoms with E-state index in [1.54, 1.807) is 0 Å². The fraction of sp³-hybridized carbons (Fsp3) is 0.545. The summed E-state index contributed by atoms with van der Waals surface area (Å²) in [7, 11) is 0. The van der Waals surface area contributed by atoms with Crippen LogP contribution in [-0.2, 0) is 36.7 Å². The smallest absolute Gasteiger partial charge is 0.386 e. The lowest BCUT2D eigenvalue weighted by atomic mass is 10.2. The largest absolute Gasteiger partial charge is 0.392 e. The summed E-state index contributed by atoms with van der Waals surface area (Å²) in [5, 5.41) is 20.4. The van der Waals surface area contributed by atoms with E-state index in [4.69, 9.17) is 39.0 Å². The maximum atomic E-state index is 13.4. The molecule has 0 saturated carbocycles. The highest BCUT2D eigenvalue weighted by Gasteiger charge is 2.38. The first-order valence-electron chi connectivity index (χ1n) is 13.5. The Morgan fingerprint density at radius 2 is 1.20 bits per heavy atom.